The Morgan fingerprint density at radius 2 is 2.08 bits per heavy atom. The number of fused-ring (bicyclic) bond motifs is 1. The van der Waals surface area contributed by atoms with Crippen LogP contribution in [0.25, 0.3) is 11.4 Å². The van der Waals surface area contributed by atoms with Crippen molar-refractivity contribution in [1.29, 1.82) is 0 Å². The lowest BCUT2D eigenvalue weighted by Gasteiger charge is -2.31. The van der Waals surface area contributed by atoms with Gasteiger partial charge in [-0.1, -0.05) is 5.21 Å². The molecule has 0 aromatic carbocycles. The summed E-state index contributed by atoms with van der Waals surface area (Å²) in [7, 11) is 1.88. The molecule has 0 radical (unpaired) electrons. The van der Waals surface area contributed by atoms with Crippen molar-refractivity contribution in [2.75, 3.05) is 13.1 Å². The van der Waals surface area contributed by atoms with Crippen molar-refractivity contribution in [3.63, 3.8) is 0 Å². The molecule has 2 aliphatic rings. The zero-order valence-electron chi connectivity index (χ0n) is 14.5. The summed E-state index contributed by atoms with van der Waals surface area (Å²) >= 11 is 0. The monoisotopic (exact) mass is 370 g/mol. The molecule has 1 aliphatic carbocycles. The second kappa shape index (κ2) is 6.66. The highest BCUT2D eigenvalue weighted by Crippen LogP contribution is 2.30. The number of morpholine rings is 1. The van der Waals surface area contributed by atoms with Crippen LogP contribution in [0.5, 0.6) is 0 Å². The highest BCUT2D eigenvalue weighted by atomic mass is 19.4. The maximum absolute atomic E-state index is 12.8. The largest absolute Gasteiger partial charge is 0.415 e. The van der Waals surface area contributed by atoms with Gasteiger partial charge in [-0.15, -0.1) is 5.10 Å². The number of ether oxygens (including phenoxy) is 1. The predicted octanol–water partition coefficient (Wildman–Crippen LogP) is 1.48. The zero-order valence-corrected chi connectivity index (χ0v) is 14.5. The first-order valence-corrected chi connectivity index (χ1v) is 8.80. The number of hydrogen-bond donors (Lipinski definition) is 1. The molecule has 26 heavy (non-hydrogen) atoms. The molecule has 4 rings (SSSR count). The van der Waals surface area contributed by atoms with Crippen molar-refractivity contribution in [3.8, 4) is 11.4 Å². The molecular weight excluding hydrogens is 349 g/mol. The zero-order chi connectivity index (χ0) is 18.3. The van der Waals surface area contributed by atoms with Gasteiger partial charge in [0.05, 0.1) is 30.2 Å². The first-order chi connectivity index (χ1) is 12.4. The summed E-state index contributed by atoms with van der Waals surface area (Å²) in [6.45, 7) is 0.346. The molecule has 0 bridgehead atoms. The second-order valence-electron chi connectivity index (χ2n) is 6.88. The lowest BCUT2D eigenvalue weighted by molar-refractivity contribution is -0.240. The van der Waals surface area contributed by atoms with Gasteiger partial charge in [0.25, 0.3) is 0 Å². The Morgan fingerprint density at radius 3 is 2.88 bits per heavy atom. The Kier molecular flexibility index (Phi) is 4.47. The number of aryl methyl sites for hydroxylation is 2. The van der Waals surface area contributed by atoms with E-state index < -0.39 is 18.4 Å². The van der Waals surface area contributed by atoms with Crippen LogP contribution >= 0.6 is 0 Å². The fourth-order valence-electron chi connectivity index (χ4n) is 3.71. The molecule has 1 aliphatic heterocycles. The molecule has 1 N–H and O–H groups in total. The van der Waals surface area contributed by atoms with Gasteiger partial charge in [0.1, 0.15) is 5.69 Å². The van der Waals surface area contributed by atoms with Crippen LogP contribution in [0.1, 0.15) is 24.1 Å². The van der Waals surface area contributed by atoms with Gasteiger partial charge in [-0.3, -0.25) is 4.68 Å². The van der Waals surface area contributed by atoms with E-state index in [1.807, 2.05) is 11.7 Å². The van der Waals surface area contributed by atoms with E-state index in [4.69, 9.17) is 4.74 Å². The van der Waals surface area contributed by atoms with Crippen LogP contribution in [0, 0.1) is 0 Å². The van der Waals surface area contributed by atoms with E-state index in [0.717, 1.165) is 37.1 Å². The van der Waals surface area contributed by atoms with E-state index in [1.165, 1.54) is 5.56 Å². The second-order valence-corrected chi connectivity index (χ2v) is 6.88. The number of nitrogens with one attached hydrogen (secondary N) is 1. The molecule has 2 atom stereocenters. The van der Waals surface area contributed by atoms with Gasteiger partial charge in [0, 0.05) is 25.7 Å². The summed E-state index contributed by atoms with van der Waals surface area (Å²) in [5, 5.41) is 15.6. The maximum atomic E-state index is 12.8. The van der Waals surface area contributed by atoms with Crippen LogP contribution in [0.2, 0.25) is 0 Å². The third kappa shape index (κ3) is 3.35. The van der Waals surface area contributed by atoms with Crippen LogP contribution in [0.3, 0.4) is 0 Å². The number of nitrogens with zero attached hydrogens (tertiary/aromatic N) is 5. The van der Waals surface area contributed by atoms with Crippen LogP contribution in [-0.4, -0.2) is 56.2 Å². The summed E-state index contributed by atoms with van der Waals surface area (Å²) in [6, 6.07) is 0. The Labute approximate surface area is 148 Å². The number of aromatic nitrogens is 5. The van der Waals surface area contributed by atoms with Crippen molar-refractivity contribution in [1.82, 2.24) is 30.1 Å². The van der Waals surface area contributed by atoms with Crippen LogP contribution in [0.15, 0.2) is 6.20 Å². The molecule has 2 aromatic rings. The molecule has 0 amide bonds. The van der Waals surface area contributed by atoms with E-state index in [0.29, 0.717) is 12.2 Å². The summed E-state index contributed by atoms with van der Waals surface area (Å²) in [4.78, 5) is 0. The number of rotatable bonds is 3. The van der Waals surface area contributed by atoms with E-state index in [-0.39, 0.29) is 13.1 Å². The fraction of sp³-hybridized carbons (Fsp3) is 0.688. The van der Waals surface area contributed by atoms with Crippen molar-refractivity contribution in [3.05, 3.63) is 17.5 Å². The summed E-state index contributed by atoms with van der Waals surface area (Å²) in [5.41, 5.74) is 3.95. The number of hydrogen-bond acceptors (Lipinski definition) is 5. The van der Waals surface area contributed by atoms with E-state index in [9.17, 15) is 13.2 Å². The van der Waals surface area contributed by atoms with Gasteiger partial charge in [0.15, 0.2) is 6.10 Å². The topological polar surface area (TPSA) is 69.8 Å². The Balaban J connectivity index is 1.50. The number of halogens is 3. The SMILES string of the molecule is Cn1nc2c(c1-c1cn(CC3CNCC(C(F)(F)F)O3)nn1)CCCC2. The fourth-order valence-corrected chi connectivity index (χ4v) is 3.71. The summed E-state index contributed by atoms with van der Waals surface area (Å²) < 4.78 is 47.1. The van der Waals surface area contributed by atoms with Crippen LogP contribution in [-0.2, 0) is 31.2 Å². The smallest absolute Gasteiger partial charge is 0.361 e. The standard InChI is InChI=1S/C16H21F3N6O/c1-24-15(11-4-2-3-5-12(11)22-24)13-9-25(23-21-13)8-10-6-20-7-14(26-10)16(17,18)19/h9-10,14,20H,2-8H2,1H3. The maximum Gasteiger partial charge on any atom is 0.415 e. The molecule has 0 saturated carbocycles. The predicted molar refractivity (Wildman–Crippen MR) is 86.5 cm³/mol. The Hall–Kier alpha value is -1.94. The van der Waals surface area contributed by atoms with Crippen molar-refractivity contribution in [2.45, 2.75) is 50.6 Å². The molecular formula is C16H21F3N6O. The molecule has 10 heteroatoms. The lowest BCUT2D eigenvalue weighted by Crippen LogP contribution is -2.52. The Morgan fingerprint density at radius 1 is 1.27 bits per heavy atom. The summed E-state index contributed by atoms with van der Waals surface area (Å²) in [6.07, 6.45) is -0.799. The van der Waals surface area contributed by atoms with E-state index in [2.05, 4.69) is 20.7 Å². The quantitative estimate of drug-likeness (QED) is 0.886. The minimum Gasteiger partial charge on any atom is -0.361 e. The molecule has 2 unspecified atom stereocenters. The average molecular weight is 370 g/mol. The van der Waals surface area contributed by atoms with Gasteiger partial charge < -0.3 is 10.1 Å². The molecule has 0 spiro atoms. The highest BCUT2D eigenvalue weighted by Gasteiger charge is 2.43. The number of alkyl halides is 3. The van der Waals surface area contributed by atoms with Crippen molar-refractivity contribution in [2.24, 2.45) is 7.05 Å². The van der Waals surface area contributed by atoms with Gasteiger partial charge in [-0.2, -0.15) is 18.3 Å². The highest BCUT2D eigenvalue weighted by molar-refractivity contribution is 5.60. The Bertz CT molecular complexity index is 784. The van der Waals surface area contributed by atoms with Crippen LogP contribution < -0.4 is 5.32 Å². The molecule has 142 valence electrons. The third-order valence-corrected chi connectivity index (χ3v) is 4.91. The summed E-state index contributed by atoms with van der Waals surface area (Å²) in [5.74, 6) is 0. The first kappa shape index (κ1) is 17.5. The minimum atomic E-state index is -4.37. The van der Waals surface area contributed by atoms with E-state index >= 15 is 0 Å². The van der Waals surface area contributed by atoms with E-state index in [1.54, 1.807) is 10.9 Å². The molecule has 7 nitrogen and oxygen atoms in total. The van der Waals surface area contributed by atoms with Crippen LogP contribution in [0.4, 0.5) is 13.2 Å². The minimum absolute atomic E-state index is 0.215. The van der Waals surface area contributed by atoms with Gasteiger partial charge in [-0.05, 0) is 25.7 Å². The first-order valence-electron chi connectivity index (χ1n) is 8.80. The van der Waals surface area contributed by atoms with Gasteiger partial charge >= 0.3 is 6.18 Å². The molecule has 1 fully saturated rings. The third-order valence-electron chi connectivity index (χ3n) is 4.91. The van der Waals surface area contributed by atoms with Crippen molar-refractivity contribution >= 4 is 0 Å². The lowest BCUT2D eigenvalue weighted by atomic mass is 9.95. The van der Waals surface area contributed by atoms with Gasteiger partial charge in [-0.25, -0.2) is 4.68 Å². The van der Waals surface area contributed by atoms with Gasteiger partial charge in [0.2, 0.25) is 0 Å². The average Bonchev–Trinajstić information content (AvgIpc) is 3.17. The normalized spacial score (nSPS) is 23.8. The molecule has 1 saturated heterocycles. The molecule has 2 aromatic heterocycles. The molecule has 3 heterocycles. The van der Waals surface area contributed by atoms with Crippen molar-refractivity contribution < 1.29 is 17.9 Å².